The third-order valence-corrected chi connectivity index (χ3v) is 2.74. The van der Waals surface area contributed by atoms with E-state index in [2.05, 4.69) is 19.4 Å². The van der Waals surface area contributed by atoms with Crippen LogP contribution in [0.15, 0.2) is 24.6 Å². The summed E-state index contributed by atoms with van der Waals surface area (Å²) in [5.74, 6) is 5.61. The molecular weight excluding hydrogens is 144 g/mol. The van der Waals surface area contributed by atoms with Gasteiger partial charge in [-0.05, 0) is 6.26 Å². The third-order valence-electron chi connectivity index (χ3n) is 1.73. The van der Waals surface area contributed by atoms with Gasteiger partial charge in [0.2, 0.25) is 0 Å². The van der Waals surface area contributed by atoms with E-state index in [1.165, 1.54) is 0 Å². The lowest BCUT2D eigenvalue weighted by Gasteiger charge is -2.13. The van der Waals surface area contributed by atoms with Crippen molar-refractivity contribution in [1.29, 1.82) is 0 Å². The van der Waals surface area contributed by atoms with Crippen molar-refractivity contribution in [2.75, 3.05) is 6.26 Å². The van der Waals surface area contributed by atoms with Crippen LogP contribution in [0.5, 0.6) is 0 Å². The summed E-state index contributed by atoms with van der Waals surface area (Å²) < 4.78 is 0. The first-order chi connectivity index (χ1) is 4.66. The van der Waals surface area contributed by atoms with Gasteiger partial charge in [-0.3, -0.25) is 5.01 Å². The molecule has 0 spiro atoms. The van der Waals surface area contributed by atoms with Gasteiger partial charge in [0.25, 0.3) is 0 Å². The maximum Gasteiger partial charge on any atom is 0.0511 e. The quantitative estimate of drug-likeness (QED) is 0.581. The second-order valence-corrected chi connectivity index (χ2v) is 3.40. The van der Waals surface area contributed by atoms with Crippen molar-refractivity contribution in [3.05, 3.63) is 24.6 Å². The van der Waals surface area contributed by atoms with E-state index in [4.69, 9.17) is 5.84 Å². The molecule has 56 valence electrons. The molecule has 1 heterocycles. The number of rotatable bonds is 1. The summed E-state index contributed by atoms with van der Waals surface area (Å²) in [5.41, 5.74) is 1.93. The lowest BCUT2D eigenvalue weighted by atomic mass is 10.3. The molecule has 0 saturated carbocycles. The molecule has 1 unspecified atom stereocenters. The molecule has 0 amide bonds. The molecule has 1 aliphatic rings. The van der Waals surface area contributed by atoms with Gasteiger partial charge in [0.05, 0.1) is 5.25 Å². The minimum absolute atomic E-state index is 0.442. The molecule has 0 aromatic rings. The smallest absolute Gasteiger partial charge is 0.0511 e. The largest absolute Gasteiger partial charge is 0.288 e. The van der Waals surface area contributed by atoms with Crippen LogP contribution in [0.25, 0.3) is 0 Å². The van der Waals surface area contributed by atoms with Crippen LogP contribution < -0.4 is 5.84 Å². The minimum Gasteiger partial charge on any atom is -0.288 e. The molecule has 0 aromatic carbocycles. The maximum absolute atomic E-state index is 5.61. The monoisotopic (exact) mass is 156 g/mol. The Morgan fingerprint density at radius 2 is 2.30 bits per heavy atom. The zero-order valence-electron chi connectivity index (χ0n) is 6.13. The normalized spacial score (nSPS) is 26.2. The predicted octanol–water partition coefficient (Wildman–Crippen LogP) is 1.32. The van der Waals surface area contributed by atoms with E-state index in [-0.39, 0.29) is 0 Å². The van der Waals surface area contributed by atoms with E-state index in [9.17, 15) is 0 Å². The van der Waals surface area contributed by atoms with Crippen LogP contribution in [0.1, 0.15) is 6.42 Å². The number of hydrazine groups is 1. The summed E-state index contributed by atoms with van der Waals surface area (Å²) in [4.78, 5) is 0. The first-order valence-corrected chi connectivity index (χ1v) is 4.39. The van der Waals surface area contributed by atoms with Gasteiger partial charge < -0.3 is 0 Å². The summed E-state index contributed by atoms with van der Waals surface area (Å²) in [6, 6.07) is 0. The number of hydrogen-bond acceptors (Lipinski definition) is 3. The maximum atomic E-state index is 5.61. The molecule has 1 rings (SSSR count). The second kappa shape index (κ2) is 2.68. The van der Waals surface area contributed by atoms with E-state index in [1.54, 1.807) is 16.8 Å². The topological polar surface area (TPSA) is 29.3 Å². The van der Waals surface area contributed by atoms with Crippen LogP contribution in [0.4, 0.5) is 0 Å². The van der Waals surface area contributed by atoms with Crippen molar-refractivity contribution in [2.24, 2.45) is 5.84 Å². The Kier molecular flexibility index (Phi) is 2.06. The van der Waals surface area contributed by atoms with Crippen molar-refractivity contribution in [1.82, 2.24) is 5.01 Å². The van der Waals surface area contributed by atoms with Crippen molar-refractivity contribution in [3.8, 4) is 0 Å². The molecule has 0 radical (unpaired) electrons. The third kappa shape index (κ3) is 1.07. The Morgan fingerprint density at radius 1 is 1.70 bits per heavy atom. The van der Waals surface area contributed by atoms with Gasteiger partial charge in [0, 0.05) is 17.8 Å². The molecule has 3 heteroatoms. The van der Waals surface area contributed by atoms with Crippen molar-refractivity contribution < 1.29 is 0 Å². The van der Waals surface area contributed by atoms with Crippen LogP contribution in [-0.2, 0) is 0 Å². The Labute approximate surface area is 65.7 Å². The highest BCUT2D eigenvalue weighted by Gasteiger charge is 2.26. The van der Waals surface area contributed by atoms with Crippen LogP contribution in [0.2, 0.25) is 0 Å². The fourth-order valence-corrected chi connectivity index (χ4v) is 1.75. The fourth-order valence-electron chi connectivity index (χ4n) is 1.01. The summed E-state index contributed by atoms with van der Waals surface area (Å²) in [5, 5.41) is 2.03. The van der Waals surface area contributed by atoms with Gasteiger partial charge in [0.1, 0.15) is 0 Å². The van der Waals surface area contributed by atoms with Crippen LogP contribution in [-0.4, -0.2) is 16.5 Å². The fraction of sp³-hybridized carbons (Fsp3) is 0.429. The highest BCUT2D eigenvalue weighted by Crippen LogP contribution is 2.32. The van der Waals surface area contributed by atoms with Crippen LogP contribution in [0.3, 0.4) is 0 Å². The van der Waals surface area contributed by atoms with Gasteiger partial charge in [-0.25, -0.2) is 5.84 Å². The number of allylic oxidation sites excluding steroid dienone is 1. The highest BCUT2D eigenvalue weighted by molar-refractivity contribution is 7.99. The van der Waals surface area contributed by atoms with Crippen molar-refractivity contribution >= 4 is 11.8 Å². The molecule has 0 aromatic heterocycles. The molecular formula is C7H12N2S. The molecule has 1 atom stereocenters. The van der Waals surface area contributed by atoms with E-state index in [0.717, 1.165) is 17.8 Å². The summed E-state index contributed by atoms with van der Waals surface area (Å²) in [6.07, 6.45) is 3.00. The average Bonchev–Trinajstić information content (AvgIpc) is 2.17. The Hall–Kier alpha value is -0.410. The number of hydrogen-bond donors (Lipinski definition) is 1. The standard InChI is InChI=1S/C7H12N2S/c1-5-4-7(10-3)6(2)9(5)8/h7H,1-2,4,8H2,3H3. The SMILES string of the molecule is C=C1CC(SC)C(=C)N1N. The van der Waals surface area contributed by atoms with E-state index >= 15 is 0 Å². The molecule has 1 fully saturated rings. The second-order valence-electron chi connectivity index (χ2n) is 2.36. The van der Waals surface area contributed by atoms with Crippen molar-refractivity contribution in [2.45, 2.75) is 11.7 Å². The van der Waals surface area contributed by atoms with Crippen molar-refractivity contribution in [3.63, 3.8) is 0 Å². The Morgan fingerprint density at radius 3 is 2.50 bits per heavy atom. The molecule has 1 saturated heterocycles. The number of thioether (sulfide) groups is 1. The first kappa shape index (κ1) is 7.69. The molecule has 1 aliphatic heterocycles. The molecule has 2 nitrogen and oxygen atoms in total. The summed E-state index contributed by atoms with van der Waals surface area (Å²) in [7, 11) is 0. The van der Waals surface area contributed by atoms with Gasteiger partial charge >= 0.3 is 0 Å². The average molecular weight is 156 g/mol. The molecule has 0 bridgehead atoms. The lowest BCUT2D eigenvalue weighted by Crippen LogP contribution is -2.24. The number of nitrogens with zero attached hydrogens (tertiary/aromatic N) is 1. The Bertz CT molecular complexity index is 176. The predicted molar refractivity (Wildman–Crippen MR) is 46.2 cm³/mol. The Balaban J connectivity index is 2.71. The summed E-state index contributed by atoms with van der Waals surface area (Å²) >= 11 is 1.77. The van der Waals surface area contributed by atoms with Gasteiger partial charge in [-0.15, -0.1) is 0 Å². The van der Waals surface area contributed by atoms with E-state index < -0.39 is 0 Å². The van der Waals surface area contributed by atoms with Gasteiger partial charge in [0.15, 0.2) is 0 Å². The van der Waals surface area contributed by atoms with E-state index in [1.807, 2.05) is 0 Å². The minimum atomic E-state index is 0.442. The molecule has 10 heavy (non-hydrogen) atoms. The molecule has 2 N–H and O–H groups in total. The zero-order valence-corrected chi connectivity index (χ0v) is 6.95. The summed E-state index contributed by atoms with van der Waals surface area (Å²) in [6.45, 7) is 7.67. The molecule has 0 aliphatic carbocycles. The lowest BCUT2D eigenvalue weighted by molar-refractivity contribution is 0.487. The van der Waals surface area contributed by atoms with Crippen LogP contribution in [0, 0.1) is 0 Å². The van der Waals surface area contributed by atoms with E-state index in [0.29, 0.717) is 5.25 Å². The highest BCUT2D eigenvalue weighted by atomic mass is 32.2. The zero-order chi connectivity index (χ0) is 7.72. The first-order valence-electron chi connectivity index (χ1n) is 3.11. The van der Waals surface area contributed by atoms with Gasteiger partial charge in [-0.1, -0.05) is 13.2 Å². The van der Waals surface area contributed by atoms with Crippen LogP contribution >= 0.6 is 11.8 Å². The van der Waals surface area contributed by atoms with Gasteiger partial charge in [-0.2, -0.15) is 11.8 Å². The number of nitrogens with two attached hydrogens (primary N) is 1.